The fourth-order valence-electron chi connectivity index (χ4n) is 7.67. The lowest BCUT2D eigenvalue weighted by Crippen LogP contribution is -2.64. The van der Waals surface area contributed by atoms with Crippen molar-refractivity contribution in [3.63, 3.8) is 0 Å². The number of rotatable bonds is 7. The Balaban J connectivity index is 1.52. The van der Waals surface area contributed by atoms with Gasteiger partial charge in [-0.15, -0.1) is 0 Å². The van der Waals surface area contributed by atoms with E-state index in [1.165, 1.54) is 28.6 Å². The highest BCUT2D eigenvalue weighted by Gasteiger charge is 2.65. The summed E-state index contributed by atoms with van der Waals surface area (Å²) in [7, 11) is -6.60. The van der Waals surface area contributed by atoms with Crippen molar-refractivity contribution in [2.24, 2.45) is 11.8 Å². The maximum absolute atomic E-state index is 15.9. The van der Waals surface area contributed by atoms with Crippen LogP contribution in [0, 0.1) is 23.5 Å². The second-order valence-corrected chi connectivity index (χ2v) is 16.7. The lowest BCUT2D eigenvalue weighted by molar-refractivity contribution is 0.0143. The number of hydrogen-bond acceptors (Lipinski definition) is 6. The third-order valence-electron chi connectivity index (χ3n) is 9.68. The van der Waals surface area contributed by atoms with Crippen molar-refractivity contribution in [1.82, 2.24) is 4.31 Å². The molecule has 0 unspecified atom stereocenters. The van der Waals surface area contributed by atoms with Crippen molar-refractivity contribution < 1.29 is 35.1 Å². The van der Waals surface area contributed by atoms with Crippen molar-refractivity contribution in [1.29, 1.82) is 0 Å². The number of sulfonamides is 1. The molecule has 5 atom stereocenters. The second kappa shape index (κ2) is 11.6. The van der Waals surface area contributed by atoms with Gasteiger partial charge in [0.1, 0.15) is 16.3 Å². The Morgan fingerprint density at radius 2 is 1.73 bits per heavy atom. The minimum atomic E-state index is -4.37. The molecule has 0 radical (unpaired) electrons. The number of hydrogen-bond donors (Lipinski definition) is 0. The van der Waals surface area contributed by atoms with Crippen molar-refractivity contribution in [3.8, 4) is 11.5 Å². The predicted octanol–water partition coefficient (Wildman–Crippen LogP) is 6.49. The molecule has 0 amide bonds. The highest BCUT2D eigenvalue weighted by Crippen LogP contribution is 2.61. The van der Waals surface area contributed by atoms with Crippen LogP contribution in [0.25, 0.3) is 0 Å². The van der Waals surface area contributed by atoms with E-state index < -0.39 is 65.1 Å². The molecule has 1 aliphatic carbocycles. The van der Waals surface area contributed by atoms with Gasteiger partial charge in [0.15, 0.2) is 21.4 Å². The number of methoxy groups -OCH3 is 1. The first-order chi connectivity index (χ1) is 20.9. The van der Waals surface area contributed by atoms with Gasteiger partial charge < -0.3 is 9.47 Å². The van der Waals surface area contributed by atoms with Crippen molar-refractivity contribution in [2.75, 3.05) is 13.7 Å². The second-order valence-electron chi connectivity index (χ2n) is 11.9. The first-order valence-electron chi connectivity index (χ1n) is 14.7. The normalized spacial score (nSPS) is 27.8. The van der Waals surface area contributed by atoms with E-state index in [2.05, 4.69) is 0 Å². The van der Waals surface area contributed by atoms with Gasteiger partial charge >= 0.3 is 0 Å². The van der Waals surface area contributed by atoms with Gasteiger partial charge in [-0.2, -0.15) is 4.31 Å². The fourth-order valence-corrected chi connectivity index (χ4v) is 12.5. The van der Waals surface area contributed by atoms with Gasteiger partial charge in [0.25, 0.3) is 0 Å². The van der Waals surface area contributed by atoms with Crippen LogP contribution in [0.15, 0.2) is 65.6 Å². The number of halogens is 3. The molecule has 6 rings (SSSR count). The number of nitrogens with zero attached hydrogens (tertiary/aromatic N) is 1. The van der Waals surface area contributed by atoms with E-state index in [9.17, 15) is 16.8 Å². The van der Waals surface area contributed by atoms with Gasteiger partial charge in [0.2, 0.25) is 10.0 Å². The van der Waals surface area contributed by atoms with Crippen molar-refractivity contribution >= 4 is 31.5 Å². The van der Waals surface area contributed by atoms with Crippen LogP contribution in [0.4, 0.5) is 8.78 Å². The molecule has 0 bridgehead atoms. The summed E-state index contributed by atoms with van der Waals surface area (Å²) in [6.45, 7) is 1.80. The Bertz CT molecular complexity index is 1770. The van der Waals surface area contributed by atoms with Crippen LogP contribution in [-0.2, 0) is 31.2 Å². The molecule has 1 saturated carbocycles. The lowest BCUT2D eigenvalue weighted by Gasteiger charge is -2.57. The first-order valence-corrected chi connectivity index (χ1v) is 18.1. The van der Waals surface area contributed by atoms with Crippen molar-refractivity contribution in [3.05, 3.63) is 88.4 Å². The third kappa shape index (κ3) is 4.82. The molecule has 0 N–H and O–H groups in total. The molecule has 1 saturated heterocycles. The van der Waals surface area contributed by atoms with Crippen LogP contribution >= 0.6 is 11.6 Å². The Morgan fingerprint density at radius 3 is 2.39 bits per heavy atom. The van der Waals surface area contributed by atoms with Crippen LogP contribution in [-0.4, -0.2) is 46.1 Å². The molecule has 12 heteroatoms. The Morgan fingerprint density at radius 1 is 1.05 bits per heavy atom. The molecule has 3 aromatic carbocycles. The van der Waals surface area contributed by atoms with Gasteiger partial charge in [-0.25, -0.2) is 25.6 Å². The Kier molecular flexibility index (Phi) is 8.22. The van der Waals surface area contributed by atoms with Crippen LogP contribution < -0.4 is 9.47 Å². The van der Waals surface area contributed by atoms with Gasteiger partial charge in [0.05, 0.1) is 29.4 Å². The Labute approximate surface area is 262 Å². The standard InChI is InChI=1S/C32H34ClF2NO6S2/c1-3-4-24-17-25-26-19-42-31-28(35)14-13-27(34)30(31)32(26,43(37,38)23-11-7-21(33)8-12-23)16-15-29(25)36(44(24,39)40)18-20-5-9-22(41-2)10-6-20/h5-14,24-26,29H,3-4,15-19H2,1-2H3/t24-,25+,26+,29-,32+/m1/s1. The monoisotopic (exact) mass is 665 g/mol. The summed E-state index contributed by atoms with van der Waals surface area (Å²) < 4.78 is 99.6. The zero-order valence-corrected chi connectivity index (χ0v) is 26.8. The van der Waals surface area contributed by atoms with E-state index in [-0.39, 0.29) is 42.9 Å². The largest absolute Gasteiger partial charge is 0.497 e. The summed E-state index contributed by atoms with van der Waals surface area (Å²) in [6, 6.07) is 14.1. The Hall–Kier alpha value is -2.73. The summed E-state index contributed by atoms with van der Waals surface area (Å²) >= 11 is 6.08. The predicted molar refractivity (Wildman–Crippen MR) is 163 cm³/mol. The number of ether oxygens (including phenoxy) is 2. The minimum absolute atomic E-state index is 0.0644. The molecule has 2 heterocycles. The van der Waals surface area contributed by atoms with E-state index in [4.69, 9.17) is 21.1 Å². The molecule has 7 nitrogen and oxygen atoms in total. The molecule has 2 aliphatic heterocycles. The third-order valence-corrected chi connectivity index (χ3v) is 14.8. The summed E-state index contributed by atoms with van der Waals surface area (Å²) in [6.07, 6.45) is 1.20. The maximum atomic E-state index is 15.9. The molecule has 236 valence electrons. The van der Waals surface area contributed by atoms with E-state index >= 15 is 8.78 Å². The summed E-state index contributed by atoms with van der Waals surface area (Å²) in [4.78, 5) is -0.0644. The summed E-state index contributed by atoms with van der Waals surface area (Å²) in [5, 5.41) is -0.430. The number of fused-ring (bicyclic) bond motifs is 5. The minimum Gasteiger partial charge on any atom is -0.497 e. The molecule has 0 aromatic heterocycles. The first kappa shape index (κ1) is 31.3. The average molecular weight is 666 g/mol. The molecular weight excluding hydrogens is 632 g/mol. The van der Waals surface area contributed by atoms with E-state index in [1.807, 2.05) is 19.1 Å². The summed E-state index contributed by atoms with van der Waals surface area (Å²) in [5.74, 6) is -2.83. The SMILES string of the molecule is CCC[C@@H]1C[C@@H]2[C@@H](CC[C@@]3(S(=O)(=O)c4ccc(Cl)cc4)c4c(F)ccc(F)c4OC[C@@H]23)N(Cc2ccc(OC)cc2)S1(=O)=O. The molecule has 3 aliphatic rings. The van der Waals surface area contributed by atoms with Crippen LogP contribution in [0.3, 0.4) is 0 Å². The highest BCUT2D eigenvalue weighted by molar-refractivity contribution is 7.92. The van der Waals surface area contributed by atoms with Gasteiger partial charge in [-0.3, -0.25) is 0 Å². The van der Waals surface area contributed by atoms with Gasteiger partial charge in [0, 0.05) is 23.5 Å². The zero-order chi connectivity index (χ0) is 31.4. The highest BCUT2D eigenvalue weighted by atomic mass is 35.5. The average Bonchev–Trinajstić information content (AvgIpc) is 3.01. The zero-order valence-electron chi connectivity index (χ0n) is 24.4. The van der Waals surface area contributed by atoms with E-state index in [1.54, 1.807) is 19.2 Å². The van der Waals surface area contributed by atoms with E-state index in [0.29, 0.717) is 23.6 Å². The van der Waals surface area contributed by atoms with Crippen LogP contribution in [0.2, 0.25) is 5.02 Å². The maximum Gasteiger partial charge on any atom is 0.217 e. The molecule has 44 heavy (non-hydrogen) atoms. The topological polar surface area (TPSA) is 90.0 Å². The number of sulfone groups is 1. The van der Waals surface area contributed by atoms with Crippen molar-refractivity contribution in [2.45, 2.75) is 66.5 Å². The quantitative estimate of drug-likeness (QED) is 0.287. The smallest absolute Gasteiger partial charge is 0.217 e. The van der Waals surface area contributed by atoms with Gasteiger partial charge in [-0.1, -0.05) is 37.1 Å². The fraction of sp³-hybridized carbons (Fsp3) is 0.438. The van der Waals surface area contributed by atoms with Crippen LogP contribution in [0.1, 0.15) is 50.2 Å². The van der Waals surface area contributed by atoms with Crippen LogP contribution in [0.5, 0.6) is 11.5 Å². The lowest BCUT2D eigenvalue weighted by atomic mass is 9.63. The molecule has 2 fully saturated rings. The molecule has 0 spiro atoms. The summed E-state index contributed by atoms with van der Waals surface area (Å²) in [5.41, 5.74) is 0.443. The molecule has 3 aromatic rings. The number of benzene rings is 3. The van der Waals surface area contributed by atoms with Gasteiger partial charge in [-0.05, 0) is 85.7 Å². The molecular formula is C32H34ClF2NO6S2. The van der Waals surface area contributed by atoms with E-state index in [0.717, 1.165) is 17.7 Å².